The Bertz CT molecular complexity index is 1210. The second kappa shape index (κ2) is 9.25. The maximum absolute atomic E-state index is 14.0. The van der Waals surface area contributed by atoms with E-state index in [1.54, 1.807) is 0 Å². The Morgan fingerprint density at radius 2 is 1.88 bits per heavy atom. The third kappa shape index (κ3) is 5.60. The van der Waals surface area contributed by atoms with Gasteiger partial charge in [0.15, 0.2) is 5.58 Å². The van der Waals surface area contributed by atoms with Gasteiger partial charge < -0.3 is 24.5 Å². The Kier molecular flexibility index (Phi) is 6.37. The number of alkyl halides is 4. The van der Waals surface area contributed by atoms with Gasteiger partial charge in [-0.1, -0.05) is 0 Å². The number of carbonyl (C=O) groups excluding carboxylic acids is 2. The van der Waals surface area contributed by atoms with E-state index in [2.05, 4.69) is 20.4 Å². The van der Waals surface area contributed by atoms with Gasteiger partial charge in [-0.15, -0.1) is 13.2 Å². The zero-order valence-electron chi connectivity index (χ0n) is 17.1. The first-order valence-electron chi connectivity index (χ1n) is 9.88. The van der Waals surface area contributed by atoms with Crippen LogP contribution in [0.3, 0.4) is 0 Å². The normalized spacial score (nSPS) is 18.1. The predicted molar refractivity (Wildman–Crippen MR) is 107 cm³/mol. The zero-order valence-corrected chi connectivity index (χ0v) is 17.1. The van der Waals surface area contributed by atoms with E-state index in [1.807, 2.05) is 0 Å². The minimum atomic E-state index is -4.86. The molecule has 0 radical (unpaired) electrons. The molecule has 2 unspecified atom stereocenters. The van der Waals surface area contributed by atoms with E-state index >= 15 is 0 Å². The predicted octanol–water partition coefficient (Wildman–Crippen LogP) is 3.97. The molecule has 8 nitrogen and oxygen atoms in total. The van der Waals surface area contributed by atoms with Crippen molar-refractivity contribution in [2.45, 2.75) is 25.1 Å². The summed E-state index contributed by atoms with van der Waals surface area (Å²) in [7, 11) is 0. The number of amides is 2. The van der Waals surface area contributed by atoms with Crippen LogP contribution in [-0.4, -0.2) is 48.6 Å². The van der Waals surface area contributed by atoms with Gasteiger partial charge >= 0.3 is 12.3 Å². The number of nitrogens with zero attached hydrogens (tertiary/aromatic N) is 1. The highest BCUT2D eigenvalue weighted by molar-refractivity contribution is 6.07. The molecule has 1 aromatic heterocycles. The van der Waals surface area contributed by atoms with Gasteiger partial charge in [0.05, 0.1) is 18.3 Å². The second-order valence-corrected chi connectivity index (χ2v) is 7.35. The number of aromatic nitrogens is 1. The number of hydrogen-bond acceptors (Lipinski definition) is 6. The Morgan fingerprint density at radius 1 is 1.15 bits per heavy atom. The number of nitrogens with one attached hydrogen (secondary N) is 2. The first kappa shape index (κ1) is 23.4. The number of fused-ring (bicyclic) bond motifs is 1. The fourth-order valence-electron chi connectivity index (χ4n) is 3.29. The molecule has 1 saturated heterocycles. The molecule has 0 spiro atoms. The van der Waals surface area contributed by atoms with Crippen molar-refractivity contribution in [2.75, 3.05) is 18.5 Å². The van der Waals surface area contributed by atoms with E-state index in [9.17, 15) is 31.5 Å². The quantitative estimate of drug-likeness (QED) is 0.513. The van der Waals surface area contributed by atoms with Crippen LogP contribution in [0, 0.1) is 5.82 Å². The van der Waals surface area contributed by atoms with Gasteiger partial charge in [0, 0.05) is 24.7 Å². The summed E-state index contributed by atoms with van der Waals surface area (Å²) in [5, 5.41) is 4.86. The summed E-state index contributed by atoms with van der Waals surface area (Å²) in [5.41, 5.74) is -0.391. The molecule has 2 heterocycles. The van der Waals surface area contributed by atoms with Gasteiger partial charge in [0.2, 0.25) is 0 Å². The number of halogens is 5. The molecule has 13 heteroatoms. The van der Waals surface area contributed by atoms with Crippen LogP contribution in [0.2, 0.25) is 0 Å². The first-order valence-corrected chi connectivity index (χ1v) is 9.88. The van der Waals surface area contributed by atoms with Crippen molar-refractivity contribution in [1.29, 1.82) is 0 Å². The molecular formula is C21H16F5N3O5. The van der Waals surface area contributed by atoms with Crippen molar-refractivity contribution in [3.05, 3.63) is 53.7 Å². The average molecular weight is 485 g/mol. The van der Waals surface area contributed by atoms with E-state index in [0.717, 1.165) is 36.4 Å². The second-order valence-electron chi connectivity index (χ2n) is 7.35. The number of carbonyl (C=O) groups is 2. The van der Waals surface area contributed by atoms with Crippen LogP contribution < -0.4 is 15.4 Å². The van der Waals surface area contributed by atoms with Crippen LogP contribution in [0.15, 0.2) is 40.8 Å². The number of oxazole rings is 1. The number of benzene rings is 2. The van der Waals surface area contributed by atoms with E-state index in [1.165, 1.54) is 0 Å². The molecule has 1 aliphatic rings. The number of anilines is 1. The Hall–Kier alpha value is -3.74. The SMILES string of the molecule is O=C(Nc1ccc(OC(F)(F)F)cc1)c1nc2cc(F)cc(C(=O)NCC3CC(F)CO3)c2o1. The molecule has 2 atom stereocenters. The highest BCUT2D eigenvalue weighted by atomic mass is 19.4. The summed E-state index contributed by atoms with van der Waals surface area (Å²) in [6.45, 7) is -0.0732. The maximum atomic E-state index is 14.0. The van der Waals surface area contributed by atoms with Gasteiger partial charge in [-0.05, 0) is 30.3 Å². The van der Waals surface area contributed by atoms with Crippen molar-refractivity contribution >= 4 is 28.6 Å². The fourth-order valence-corrected chi connectivity index (χ4v) is 3.29. The van der Waals surface area contributed by atoms with E-state index in [0.29, 0.717) is 0 Å². The molecular weight excluding hydrogens is 469 g/mol. The van der Waals surface area contributed by atoms with Gasteiger partial charge in [0.1, 0.15) is 23.3 Å². The summed E-state index contributed by atoms with van der Waals surface area (Å²) in [4.78, 5) is 28.9. The summed E-state index contributed by atoms with van der Waals surface area (Å²) in [6, 6.07) is 6.17. The van der Waals surface area contributed by atoms with Crippen molar-refractivity contribution in [3.63, 3.8) is 0 Å². The molecule has 2 aromatic carbocycles. The number of ether oxygens (including phenoxy) is 2. The lowest BCUT2D eigenvalue weighted by Crippen LogP contribution is -2.32. The summed E-state index contributed by atoms with van der Waals surface area (Å²) in [6.07, 6.45) is -6.38. The summed E-state index contributed by atoms with van der Waals surface area (Å²) < 4.78 is 78.3. The van der Waals surface area contributed by atoms with Crippen LogP contribution in [0.5, 0.6) is 5.75 Å². The third-order valence-corrected chi connectivity index (χ3v) is 4.76. The topological polar surface area (TPSA) is 103 Å². The molecule has 0 aliphatic carbocycles. The third-order valence-electron chi connectivity index (χ3n) is 4.76. The lowest BCUT2D eigenvalue weighted by Gasteiger charge is -2.10. The molecule has 1 aliphatic heterocycles. The van der Waals surface area contributed by atoms with E-state index < -0.39 is 47.9 Å². The summed E-state index contributed by atoms with van der Waals surface area (Å²) >= 11 is 0. The Morgan fingerprint density at radius 3 is 2.53 bits per heavy atom. The molecule has 180 valence electrons. The molecule has 3 aromatic rings. The molecule has 0 bridgehead atoms. The average Bonchev–Trinajstić information content (AvgIpc) is 3.37. The molecule has 1 fully saturated rings. The van der Waals surface area contributed by atoms with Crippen molar-refractivity contribution in [3.8, 4) is 5.75 Å². The van der Waals surface area contributed by atoms with E-state index in [-0.39, 0.29) is 41.9 Å². The fraction of sp³-hybridized carbons (Fsp3) is 0.286. The van der Waals surface area contributed by atoms with Crippen LogP contribution in [0.1, 0.15) is 27.5 Å². The molecule has 34 heavy (non-hydrogen) atoms. The minimum absolute atomic E-state index is 0.00715. The molecule has 2 amide bonds. The summed E-state index contributed by atoms with van der Waals surface area (Å²) in [5.74, 6) is -3.42. The molecule has 4 rings (SSSR count). The lowest BCUT2D eigenvalue weighted by atomic mass is 10.1. The van der Waals surface area contributed by atoms with Crippen molar-refractivity contribution in [1.82, 2.24) is 10.3 Å². The molecule has 2 N–H and O–H groups in total. The largest absolute Gasteiger partial charge is 0.573 e. The Labute approximate surface area is 188 Å². The minimum Gasteiger partial charge on any atom is -0.431 e. The Balaban J connectivity index is 1.48. The van der Waals surface area contributed by atoms with Crippen molar-refractivity contribution < 1.29 is 45.4 Å². The number of rotatable bonds is 6. The zero-order chi connectivity index (χ0) is 24.5. The lowest BCUT2D eigenvalue weighted by molar-refractivity contribution is -0.274. The monoisotopic (exact) mass is 485 g/mol. The van der Waals surface area contributed by atoms with Gasteiger partial charge in [-0.2, -0.15) is 0 Å². The van der Waals surface area contributed by atoms with Crippen molar-refractivity contribution in [2.24, 2.45) is 0 Å². The highest BCUT2D eigenvalue weighted by Crippen LogP contribution is 2.26. The van der Waals surface area contributed by atoms with Crippen LogP contribution >= 0.6 is 0 Å². The highest BCUT2D eigenvalue weighted by Gasteiger charge is 2.31. The van der Waals surface area contributed by atoms with E-state index in [4.69, 9.17) is 9.15 Å². The first-order chi connectivity index (χ1) is 16.1. The van der Waals surface area contributed by atoms with Crippen LogP contribution in [-0.2, 0) is 4.74 Å². The van der Waals surface area contributed by atoms with Gasteiger partial charge in [-0.3, -0.25) is 9.59 Å². The van der Waals surface area contributed by atoms with Crippen LogP contribution in [0.25, 0.3) is 11.1 Å². The maximum Gasteiger partial charge on any atom is 0.573 e. The number of hydrogen-bond donors (Lipinski definition) is 2. The molecule has 0 saturated carbocycles. The standard InChI is InChI=1S/C21H16F5N3O5/c22-10-6-15(18(30)27-8-14-5-11(23)9-32-14)17-16(7-10)29-20(33-17)19(31)28-12-1-3-13(4-2-12)34-21(24,25)26/h1-4,6-7,11,14H,5,8-9H2,(H,27,30)(H,28,31). The van der Waals surface area contributed by atoms with Gasteiger partial charge in [-0.25, -0.2) is 13.8 Å². The van der Waals surface area contributed by atoms with Crippen LogP contribution in [0.4, 0.5) is 27.6 Å². The van der Waals surface area contributed by atoms with Gasteiger partial charge in [0.25, 0.3) is 11.8 Å². The smallest absolute Gasteiger partial charge is 0.431 e.